The van der Waals surface area contributed by atoms with Gasteiger partial charge in [-0.15, -0.1) is 0 Å². The van der Waals surface area contributed by atoms with Crippen LogP contribution < -0.4 is 10.2 Å². The zero-order valence-electron chi connectivity index (χ0n) is 18.4. The molecule has 1 saturated heterocycles. The van der Waals surface area contributed by atoms with E-state index in [2.05, 4.69) is 66.5 Å². The molecule has 0 amide bonds. The van der Waals surface area contributed by atoms with Gasteiger partial charge in [-0.25, -0.2) is 0 Å². The molecule has 2 unspecified atom stereocenters. The first-order chi connectivity index (χ1) is 14.2. The Morgan fingerprint density at radius 1 is 1.07 bits per heavy atom. The average Bonchev–Trinajstić information content (AvgIpc) is 2.75. The van der Waals surface area contributed by atoms with Crippen LogP contribution in [0, 0.1) is 12.8 Å². The lowest BCUT2D eigenvalue weighted by molar-refractivity contribution is 0.324. The topological polar surface area (TPSA) is 15.3 Å². The highest BCUT2D eigenvalue weighted by atomic mass is 15.1. The van der Waals surface area contributed by atoms with E-state index in [9.17, 15) is 0 Å². The minimum Gasteiger partial charge on any atom is -0.371 e. The summed E-state index contributed by atoms with van der Waals surface area (Å²) in [6, 6.07) is 16.6. The molecule has 0 radical (unpaired) electrons. The van der Waals surface area contributed by atoms with Crippen LogP contribution >= 0.6 is 0 Å². The third kappa shape index (κ3) is 5.04. The third-order valence-electron chi connectivity index (χ3n) is 7.01. The summed E-state index contributed by atoms with van der Waals surface area (Å²) in [7, 11) is 0. The lowest BCUT2D eigenvalue weighted by atomic mass is 9.77. The van der Waals surface area contributed by atoms with E-state index in [1.807, 2.05) is 0 Å². The predicted molar refractivity (Wildman–Crippen MR) is 125 cm³/mol. The lowest BCUT2D eigenvalue weighted by Gasteiger charge is -2.34. The fraction of sp³-hybridized carbons (Fsp3) is 0.556. The van der Waals surface area contributed by atoms with E-state index in [0.29, 0.717) is 11.8 Å². The summed E-state index contributed by atoms with van der Waals surface area (Å²) < 4.78 is 0. The average molecular weight is 391 g/mol. The van der Waals surface area contributed by atoms with Gasteiger partial charge in [0.05, 0.1) is 0 Å². The van der Waals surface area contributed by atoms with Crippen molar-refractivity contribution in [2.45, 2.75) is 64.7 Å². The Labute approximate surface area is 177 Å². The molecule has 2 nitrogen and oxygen atoms in total. The smallest absolute Gasteiger partial charge is 0.0401 e. The minimum atomic E-state index is 0.675. The first kappa shape index (κ1) is 20.5. The van der Waals surface area contributed by atoms with Crippen molar-refractivity contribution in [3.8, 4) is 0 Å². The zero-order chi connectivity index (χ0) is 20.1. The van der Waals surface area contributed by atoms with Crippen LogP contribution in [0.1, 0.15) is 67.2 Å². The van der Waals surface area contributed by atoms with Gasteiger partial charge in [0.1, 0.15) is 0 Å². The first-order valence-corrected chi connectivity index (χ1v) is 11.9. The zero-order valence-corrected chi connectivity index (χ0v) is 18.4. The number of aryl methyl sites for hydroxylation is 2. The number of benzene rings is 2. The van der Waals surface area contributed by atoms with Gasteiger partial charge in [-0.1, -0.05) is 61.7 Å². The predicted octanol–water partition coefficient (Wildman–Crippen LogP) is 5.87. The van der Waals surface area contributed by atoms with Gasteiger partial charge < -0.3 is 10.2 Å². The lowest BCUT2D eigenvalue weighted by Crippen LogP contribution is -2.36. The molecule has 4 rings (SSSR count). The van der Waals surface area contributed by atoms with Gasteiger partial charge in [0.25, 0.3) is 0 Å². The number of hydrogen-bond acceptors (Lipinski definition) is 2. The second kappa shape index (κ2) is 9.80. The van der Waals surface area contributed by atoms with Gasteiger partial charge in [-0.05, 0) is 86.7 Å². The summed E-state index contributed by atoms with van der Waals surface area (Å²) in [6.45, 7) is 9.21. The highest BCUT2D eigenvalue weighted by molar-refractivity contribution is 5.57. The summed E-state index contributed by atoms with van der Waals surface area (Å²) in [6.07, 6.45) is 8.95. The molecule has 2 aliphatic rings. The number of rotatable bonds is 7. The molecule has 0 aliphatic carbocycles. The Morgan fingerprint density at radius 3 is 2.76 bits per heavy atom. The molecule has 2 aromatic carbocycles. The quantitative estimate of drug-likeness (QED) is 0.594. The molecule has 2 aliphatic heterocycles. The maximum atomic E-state index is 3.66. The van der Waals surface area contributed by atoms with Crippen LogP contribution in [0.15, 0.2) is 42.5 Å². The highest BCUT2D eigenvalue weighted by Gasteiger charge is 2.27. The first-order valence-electron chi connectivity index (χ1n) is 11.9. The molecule has 1 N–H and O–H groups in total. The monoisotopic (exact) mass is 390 g/mol. The van der Waals surface area contributed by atoms with Gasteiger partial charge in [0.2, 0.25) is 0 Å². The highest BCUT2D eigenvalue weighted by Crippen LogP contribution is 2.35. The van der Waals surface area contributed by atoms with E-state index >= 15 is 0 Å². The van der Waals surface area contributed by atoms with Crippen molar-refractivity contribution in [3.05, 3.63) is 64.7 Å². The Bertz CT molecular complexity index is 780. The van der Waals surface area contributed by atoms with Gasteiger partial charge in [-0.2, -0.15) is 0 Å². The molecule has 2 aromatic rings. The molecule has 0 aromatic heterocycles. The standard InChI is InChI=1S/C27H38N2/c1-3-4-5-16-29-17-6-7-24-13-10-22(19-27(24)29)18-25-20-28-15-14-26(25)23-11-8-21(2)9-12-23/h8-13,19,25-26,28H,3-7,14-18,20H2,1-2H3. The minimum absolute atomic E-state index is 0.675. The van der Waals surface area contributed by atoms with E-state index in [4.69, 9.17) is 0 Å². The normalized spacial score (nSPS) is 21.8. The third-order valence-corrected chi connectivity index (χ3v) is 7.01. The maximum absolute atomic E-state index is 3.66. The molecule has 156 valence electrons. The Kier molecular flexibility index (Phi) is 6.92. The van der Waals surface area contributed by atoms with Crippen LogP contribution in [0.4, 0.5) is 5.69 Å². The number of anilines is 1. The SMILES string of the molecule is CCCCCN1CCCc2ccc(CC3CNCCC3c3ccc(C)cc3)cc21. The van der Waals surface area contributed by atoms with Crippen molar-refractivity contribution in [3.63, 3.8) is 0 Å². The Hall–Kier alpha value is -1.80. The number of nitrogens with zero attached hydrogens (tertiary/aromatic N) is 1. The van der Waals surface area contributed by atoms with Crippen molar-refractivity contribution >= 4 is 5.69 Å². The molecular formula is C27H38N2. The molecule has 0 bridgehead atoms. The summed E-state index contributed by atoms with van der Waals surface area (Å²) in [5.74, 6) is 1.36. The summed E-state index contributed by atoms with van der Waals surface area (Å²) >= 11 is 0. The second-order valence-electron chi connectivity index (χ2n) is 9.23. The largest absolute Gasteiger partial charge is 0.371 e. The maximum Gasteiger partial charge on any atom is 0.0401 e. The molecular weight excluding hydrogens is 352 g/mol. The van der Waals surface area contributed by atoms with E-state index < -0.39 is 0 Å². The van der Waals surface area contributed by atoms with Crippen LogP contribution in [0.2, 0.25) is 0 Å². The molecule has 0 spiro atoms. The summed E-state index contributed by atoms with van der Waals surface area (Å²) in [4.78, 5) is 2.66. The van der Waals surface area contributed by atoms with Crippen molar-refractivity contribution in [2.24, 2.45) is 5.92 Å². The van der Waals surface area contributed by atoms with Gasteiger partial charge in [0.15, 0.2) is 0 Å². The van der Waals surface area contributed by atoms with E-state index in [0.717, 1.165) is 13.1 Å². The summed E-state index contributed by atoms with van der Waals surface area (Å²) in [5.41, 5.74) is 7.50. The molecule has 1 fully saturated rings. The van der Waals surface area contributed by atoms with E-state index in [1.54, 1.807) is 5.56 Å². The van der Waals surface area contributed by atoms with Crippen molar-refractivity contribution in [1.82, 2.24) is 5.32 Å². The van der Waals surface area contributed by atoms with Crippen LogP contribution in [-0.4, -0.2) is 26.2 Å². The van der Waals surface area contributed by atoms with Gasteiger partial charge >= 0.3 is 0 Å². The number of piperidine rings is 1. The molecule has 29 heavy (non-hydrogen) atoms. The number of hydrogen-bond donors (Lipinski definition) is 1. The van der Waals surface area contributed by atoms with Gasteiger partial charge in [-0.3, -0.25) is 0 Å². The fourth-order valence-corrected chi connectivity index (χ4v) is 5.30. The number of fused-ring (bicyclic) bond motifs is 1. The van der Waals surface area contributed by atoms with Crippen molar-refractivity contribution in [1.29, 1.82) is 0 Å². The number of unbranched alkanes of at least 4 members (excludes halogenated alkanes) is 2. The van der Waals surface area contributed by atoms with E-state index in [1.165, 1.54) is 80.4 Å². The van der Waals surface area contributed by atoms with Gasteiger partial charge in [0, 0.05) is 18.8 Å². The molecule has 2 heterocycles. The number of nitrogens with one attached hydrogen (secondary N) is 1. The van der Waals surface area contributed by atoms with Crippen LogP contribution in [0.25, 0.3) is 0 Å². The summed E-state index contributed by atoms with van der Waals surface area (Å²) in [5, 5.41) is 3.66. The van der Waals surface area contributed by atoms with Crippen molar-refractivity contribution < 1.29 is 0 Å². The molecule has 0 saturated carbocycles. The van der Waals surface area contributed by atoms with E-state index in [-0.39, 0.29) is 0 Å². The van der Waals surface area contributed by atoms with Crippen LogP contribution in [0.3, 0.4) is 0 Å². The molecule has 2 atom stereocenters. The van der Waals surface area contributed by atoms with Crippen LogP contribution in [0.5, 0.6) is 0 Å². The Balaban J connectivity index is 1.50. The Morgan fingerprint density at radius 2 is 1.93 bits per heavy atom. The van der Waals surface area contributed by atoms with Crippen molar-refractivity contribution in [2.75, 3.05) is 31.1 Å². The fourth-order valence-electron chi connectivity index (χ4n) is 5.30. The van der Waals surface area contributed by atoms with Crippen LogP contribution in [-0.2, 0) is 12.8 Å². The molecule has 2 heteroatoms. The second-order valence-corrected chi connectivity index (χ2v) is 9.23.